The number of carbonyl (C=O) groups excluding carboxylic acids is 3. The molecule has 2 heterocycles. The molecule has 4 rings (SSSR count). The van der Waals surface area contributed by atoms with Crippen LogP contribution in [-0.2, 0) is 9.59 Å². The van der Waals surface area contributed by atoms with Crippen molar-refractivity contribution in [3.63, 3.8) is 0 Å². The van der Waals surface area contributed by atoms with Gasteiger partial charge < -0.3 is 15.1 Å². The maximum atomic E-state index is 13.0. The summed E-state index contributed by atoms with van der Waals surface area (Å²) < 4.78 is 0. The van der Waals surface area contributed by atoms with Crippen molar-refractivity contribution in [2.75, 3.05) is 19.6 Å². The Balaban J connectivity index is 1.52. The largest absolute Gasteiger partial charge is 0.342 e. The Labute approximate surface area is 158 Å². The number of hydrogen-bond donors (Lipinski definition) is 1. The van der Waals surface area contributed by atoms with Crippen LogP contribution in [0.4, 0.5) is 0 Å². The highest BCUT2D eigenvalue weighted by Gasteiger charge is 2.43. The molecule has 0 radical (unpaired) electrons. The number of fused-ring (bicyclic) bond motifs is 2. The van der Waals surface area contributed by atoms with Gasteiger partial charge >= 0.3 is 0 Å². The third kappa shape index (κ3) is 3.16. The molecule has 27 heavy (non-hydrogen) atoms. The molecule has 0 bridgehead atoms. The number of rotatable bonds is 3. The molecule has 2 aromatic carbocycles. The Hall–Kier alpha value is -2.89. The molecule has 0 aliphatic carbocycles. The fraction of sp³-hybridized carbons (Fsp3) is 0.381. The molecule has 2 saturated heterocycles. The van der Waals surface area contributed by atoms with Gasteiger partial charge in [-0.05, 0) is 29.3 Å². The van der Waals surface area contributed by atoms with Crippen LogP contribution in [-0.4, -0.2) is 59.2 Å². The molecule has 2 aliphatic heterocycles. The number of nitrogens with zero attached hydrogens (tertiary/aromatic N) is 2. The lowest BCUT2D eigenvalue weighted by Gasteiger charge is -2.45. The Morgan fingerprint density at radius 3 is 2.67 bits per heavy atom. The summed E-state index contributed by atoms with van der Waals surface area (Å²) >= 11 is 0. The van der Waals surface area contributed by atoms with Gasteiger partial charge in [0.25, 0.3) is 5.91 Å². The SMILES string of the molecule is CCC[C@@H]1NC(=O)[C@H]2CN(C(=O)c3ccc4ccccc4c3)CCN2C1=O. The first kappa shape index (κ1) is 17.5. The molecule has 2 fully saturated rings. The van der Waals surface area contributed by atoms with Crippen LogP contribution in [0.1, 0.15) is 30.1 Å². The number of benzene rings is 2. The van der Waals surface area contributed by atoms with Crippen molar-refractivity contribution < 1.29 is 14.4 Å². The minimum atomic E-state index is -0.594. The summed E-state index contributed by atoms with van der Waals surface area (Å²) in [5, 5.41) is 4.91. The molecule has 6 nitrogen and oxygen atoms in total. The summed E-state index contributed by atoms with van der Waals surface area (Å²) in [6.07, 6.45) is 1.48. The second-order valence-electron chi connectivity index (χ2n) is 7.21. The molecule has 140 valence electrons. The van der Waals surface area contributed by atoms with E-state index in [1.54, 1.807) is 9.80 Å². The van der Waals surface area contributed by atoms with Crippen LogP contribution in [0.3, 0.4) is 0 Å². The summed E-state index contributed by atoms with van der Waals surface area (Å²) in [6.45, 7) is 3.07. The zero-order valence-corrected chi connectivity index (χ0v) is 15.4. The summed E-state index contributed by atoms with van der Waals surface area (Å²) in [4.78, 5) is 41.4. The Bertz CT molecular complexity index is 910. The zero-order chi connectivity index (χ0) is 19.0. The van der Waals surface area contributed by atoms with Crippen LogP contribution < -0.4 is 5.32 Å². The third-order valence-corrected chi connectivity index (χ3v) is 5.44. The molecular formula is C21H23N3O3. The number of amides is 3. The van der Waals surface area contributed by atoms with Gasteiger partial charge in [-0.2, -0.15) is 0 Å². The Morgan fingerprint density at radius 2 is 1.89 bits per heavy atom. The second-order valence-corrected chi connectivity index (χ2v) is 7.21. The van der Waals surface area contributed by atoms with E-state index in [9.17, 15) is 14.4 Å². The van der Waals surface area contributed by atoms with Crippen molar-refractivity contribution >= 4 is 28.5 Å². The number of carbonyl (C=O) groups is 3. The van der Waals surface area contributed by atoms with Crippen molar-refractivity contribution in [2.24, 2.45) is 0 Å². The average molecular weight is 365 g/mol. The minimum absolute atomic E-state index is 0.0285. The highest BCUT2D eigenvalue weighted by atomic mass is 16.2. The summed E-state index contributed by atoms with van der Waals surface area (Å²) in [7, 11) is 0. The van der Waals surface area contributed by atoms with Gasteiger partial charge in [0.05, 0.1) is 6.54 Å². The van der Waals surface area contributed by atoms with Crippen molar-refractivity contribution in [2.45, 2.75) is 31.8 Å². The Kier molecular flexibility index (Phi) is 4.56. The molecule has 6 heteroatoms. The summed E-state index contributed by atoms with van der Waals surface area (Å²) in [5.41, 5.74) is 0.605. The fourth-order valence-corrected chi connectivity index (χ4v) is 3.97. The highest BCUT2D eigenvalue weighted by Crippen LogP contribution is 2.21. The standard InChI is InChI=1S/C21H23N3O3/c1-2-5-17-21(27)24-11-10-23(13-18(24)19(25)22-17)20(26)16-9-8-14-6-3-4-7-15(14)12-16/h3-4,6-9,12,17-18H,2,5,10-11,13H2,1H3,(H,22,25)/t17-,18+/m0/s1. The average Bonchev–Trinajstić information content (AvgIpc) is 2.70. The van der Waals surface area contributed by atoms with Crippen LogP contribution in [0.2, 0.25) is 0 Å². The zero-order valence-electron chi connectivity index (χ0n) is 15.4. The van der Waals surface area contributed by atoms with E-state index in [1.807, 2.05) is 49.4 Å². The van der Waals surface area contributed by atoms with E-state index >= 15 is 0 Å². The maximum Gasteiger partial charge on any atom is 0.254 e. The van der Waals surface area contributed by atoms with Gasteiger partial charge in [0.2, 0.25) is 11.8 Å². The van der Waals surface area contributed by atoms with E-state index < -0.39 is 12.1 Å². The van der Waals surface area contributed by atoms with Gasteiger partial charge in [-0.1, -0.05) is 43.7 Å². The molecule has 2 aliphatic rings. The molecule has 0 unspecified atom stereocenters. The van der Waals surface area contributed by atoms with E-state index in [1.165, 1.54) is 0 Å². The van der Waals surface area contributed by atoms with Crippen LogP contribution in [0.15, 0.2) is 42.5 Å². The first-order chi connectivity index (χ1) is 13.1. The summed E-state index contributed by atoms with van der Waals surface area (Å²) in [6, 6.07) is 12.5. The molecule has 0 aromatic heterocycles. The van der Waals surface area contributed by atoms with Crippen molar-refractivity contribution in [1.82, 2.24) is 15.1 Å². The smallest absolute Gasteiger partial charge is 0.254 e. The molecule has 3 amide bonds. The normalized spacial score (nSPS) is 22.6. The molecule has 0 saturated carbocycles. The van der Waals surface area contributed by atoms with Gasteiger partial charge in [0.1, 0.15) is 12.1 Å². The van der Waals surface area contributed by atoms with Crippen LogP contribution in [0.25, 0.3) is 10.8 Å². The fourth-order valence-electron chi connectivity index (χ4n) is 3.97. The van der Waals surface area contributed by atoms with Gasteiger partial charge in [0, 0.05) is 18.7 Å². The number of nitrogens with one attached hydrogen (secondary N) is 1. The minimum Gasteiger partial charge on any atom is -0.342 e. The third-order valence-electron chi connectivity index (χ3n) is 5.44. The van der Waals surface area contributed by atoms with Gasteiger partial charge in [-0.25, -0.2) is 0 Å². The van der Waals surface area contributed by atoms with Crippen molar-refractivity contribution in [3.05, 3.63) is 48.0 Å². The van der Waals surface area contributed by atoms with Crippen LogP contribution >= 0.6 is 0 Å². The topological polar surface area (TPSA) is 69.7 Å². The lowest BCUT2D eigenvalue weighted by atomic mass is 10.0. The van der Waals surface area contributed by atoms with Crippen LogP contribution in [0.5, 0.6) is 0 Å². The molecule has 0 spiro atoms. The van der Waals surface area contributed by atoms with E-state index in [2.05, 4.69) is 5.32 Å². The van der Waals surface area contributed by atoms with E-state index in [-0.39, 0.29) is 24.3 Å². The van der Waals surface area contributed by atoms with Crippen molar-refractivity contribution in [1.29, 1.82) is 0 Å². The maximum absolute atomic E-state index is 13.0. The second kappa shape index (κ2) is 7.02. The molecule has 2 atom stereocenters. The molecular weight excluding hydrogens is 342 g/mol. The van der Waals surface area contributed by atoms with E-state index in [4.69, 9.17) is 0 Å². The van der Waals surface area contributed by atoms with Gasteiger partial charge in [0.15, 0.2) is 0 Å². The monoisotopic (exact) mass is 365 g/mol. The predicted octanol–water partition coefficient (Wildman–Crippen LogP) is 1.79. The Morgan fingerprint density at radius 1 is 1.11 bits per heavy atom. The molecule has 1 N–H and O–H groups in total. The molecule has 2 aromatic rings. The lowest BCUT2D eigenvalue weighted by Crippen LogP contribution is -2.69. The van der Waals surface area contributed by atoms with Crippen molar-refractivity contribution in [3.8, 4) is 0 Å². The predicted molar refractivity (Wildman–Crippen MR) is 102 cm³/mol. The number of piperazine rings is 2. The van der Waals surface area contributed by atoms with Gasteiger partial charge in [-0.15, -0.1) is 0 Å². The summed E-state index contributed by atoms with van der Waals surface area (Å²) in [5.74, 6) is -0.292. The van der Waals surface area contributed by atoms with E-state index in [0.29, 0.717) is 25.1 Å². The first-order valence-electron chi connectivity index (χ1n) is 9.47. The van der Waals surface area contributed by atoms with E-state index in [0.717, 1.165) is 17.2 Å². The first-order valence-corrected chi connectivity index (χ1v) is 9.47. The van der Waals surface area contributed by atoms with Crippen LogP contribution in [0, 0.1) is 0 Å². The quantitative estimate of drug-likeness (QED) is 0.902. The lowest BCUT2D eigenvalue weighted by molar-refractivity contribution is -0.152. The van der Waals surface area contributed by atoms with Gasteiger partial charge in [-0.3, -0.25) is 14.4 Å². The number of hydrogen-bond acceptors (Lipinski definition) is 3. The highest BCUT2D eigenvalue weighted by molar-refractivity contribution is 6.01.